The van der Waals surface area contributed by atoms with Crippen molar-refractivity contribution in [2.45, 2.75) is 32.1 Å². The minimum absolute atomic E-state index is 0.293. The summed E-state index contributed by atoms with van der Waals surface area (Å²) in [5.74, 6) is 1.50. The van der Waals surface area contributed by atoms with Crippen LogP contribution in [-0.4, -0.2) is 42.9 Å². The monoisotopic (exact) mass is 397 g/mol. The van der Waals surface area contributed by atoms with Crippen molar-refractivity contribution in [3.05, 3.63) is 54.0 Å². The molecule has 1 aliphatic heterocycles. The van der Waals surface area contributed by atoms with Gasteiger partial charge in [-0.25, -0.2) is 4.39 Å². The van der Waals surface area contributed by atoms with E-state index in [0.717, 1.165) is 55.7 Å². The SMILES string of the molecule is CCOc1ccc[c]c1OCCCN1CCC(c2noc3cc(F)ccc23)CC1. The van der Waals surface area contributed by atoms with Crippen LogP contribution in [0.5, 0.6) is 11.5 Å². The topological polar surface area (TPSA) is 47.7 Å². The molecule has 0 N–H and O–H groups in total. The first-order valence-electron chi connectivity index (χ1n) is 10.3. The summed E-state index contributed by atoms with van der Waals surface area (Å²) in [4.78, 5) is 2.46. The van der Waals surface area contributed by atoms with Crippen LogP contribution in [0, 0.1) is 11.9 Å². The first kappa shape index (κ1) is 19.7. The number of aromatic nitrogens is 1. The highest BCUT2D eigenvalue weighted by molar-refractivity contribution is 5.79. The van der Waals surface area contributed by atoms with Crippen LogP contribution in [0.15, 0.2) is 40.9 Å². The van der Waals surface area contributed by atoms with Crippen molar-refractivity contribution in [2.24, 2.45) is 0 Å². The third-order valence-corrected chi connectivity index (χ3v) is 5.38. The second kappa shape index (κ2) is 9.27. The number of benzene rings is 2. The molecule has 5 nitrogen and oxygen atoms in total. The van der Waals surface area contributed by atoms with Gasteiger partial charge in [0.25, 0.3) is 0 Å². The molecule has 0 aliphatic carbocycles. The quantitative estimate of drug-likeness (QED) is 0.510. The lowest BCUT2D eigenvalue weighted by molar-refractivity contribution is 0.188. The van der Waals surface area contributed by atoms with E-state index in [1.165, 1.54) is 12.1 Å². The molecule has 0 atom stereocenters. The molecule has 6 heteroatoms. The molecule has 1 aliphatic rings. The average molecular weight is 397 g/mol. The van der Waals surface area contributed by atoms with E-state index in [4.69, 9.17) is 14.0 Å². The standard InChI is InChI=1S/C23H26FN2O3/c1-2-27-20-6-3-4-7-21(20)28-15-5-12-26-13-10-17(11-14-26)23-19-9-8-18(24)16-22(19)29-25-23/h3-4,6,8-9,16-17H,2,5,10-15H2,1H3. The zero-order valence-corrected chi connectivity index (χ0v) is 16.7. The van der Waals surface area contributed by atoms with Crippen molar-refractivity contribution < 1.29 is 18.4 Å². The lowest BCUT2D eigenvalue weighted by Crippen LogP contribution is -2.34. The van der Waals surface area contributed by atoms with E-state index in [1.54, 1.807) is 6.07 Å². The molecule has 1 radical (unpaired) electrons. The molecule has 2 aromatic carbocycles. The Bertz CT molecular complexity index is 935. The van der Waals surface area contributed by atoms with Gasteiger partial charge in [0.15, 0.2) is 17.1 Å². The molecule has 153 valence electrons. The van der Waals surface area contributed by atoms with Gasteiger partial charge in [0.2, 0.25) is 0 Å². The number of hydrogen-bond donors (Lipinski definition) is 0. The van der Waals surface area contributed by atoms with Crippen LogP contribution in [0.25, 0.3) is 11.0 Å². The van der Waals surface area contributed by atoms with E-state index < -0.39 is 0 Å². The highest BCUT2D eigenvalue weighted by Gasteiger charge is 2.25. The third kappa shape index (κ3) is 4.70. The molecule has 1 saturated heterocycles. The van der Waals surface area contributed by atoms with Crippen LogP contribution in [0.1, 0.15) is 37.8 Å². The van der Waals surface area contributed by atoms with Crippen molar-refractivity contribution in [2.75, 3.05) is 32.8 Å². The van der Waals surface area contributed by atoms with Gasteiger partial charge in [0.05, 0.1) is 18.9 Å². The molecular formula is C23H26FN2O3. The van der Waals surface area contributed by atoms with Gasteiger partial charge in [-0.3, -0.25) is 0 Å². The second-order valence-corrected chi connectivity index (χ2v) is 7.32. The number of hydrogen-bond acceptors (Lipinski definition) is 5. The summed E-state index contributed by atoms with van der Waals surface area (Å²) in [7, 11) is 0. The van der Waals surface area contributed by atoms with Crippen molar-refractivity contribution in [3.63, 3.8) is 0 Å². The van der Waals surface area contributed by atoms with Gasteiger partial charge in [0, 0.05) is 30.0 Å². The van der Waals surface area contributed by atoms with Crippen LogP contribution in [0.3, 0.4) is 0 Å². The molecule has 0 spiro atoms. The Kier molecular flexibility index (Phi) is 6.30. The Labute approximate surface area is 170 Å². The van der Waals surface area contributed by atoms with E-state index in [0.29, 0.717) is 30.5 Å². The number of ether oxygens (including phenoxy) is 2. The van der Waals surface area contributed by atoms with Gasteiger partial charge in [-0.2, -0.15) is 0 Å². The summed E-state index contributed by atoms with van der Waals surface area (Å²) in [5.41, 5.74) is 1.50. The van der Waals surface area contributed by atoms with Crippen molar-refractivity contribution in [1.82, 2.24) is 10.1 Å². The lowest BCUT2D eigenvalue weighted by Gasteiger charge is -2.31. The van der Waals surface area contributed by atoms with Gasteiger partial charge in [-0.1, -0.05) is 17.3 Å². The predicted molar refractivity (Wildman–Crippen MR) is 109 cm³/mol. The smallest absolute Gasteiger partial charge is 0.170 e. The maximum atomic E-state index is 13.3. The summed E-state index contributed by atoms with van der Waals surface area (Å²) in [6, 6.07) is 13.4. The van der Waals surface area contributed by atoms with Gasteiger partial charge in [0.1, 0.15) is 5.82 Å². The first-order valence-corrected chi connectivity index (χ1v) is 10.3. The minimum Gasteiger partial charge on any atom is -0.490 e. The fourth-order valence-electron chi connectivity index (χ4n) is 3.91. The number of rotatable bonds is 8. The third-order valence-electron chi connectivity index (χ3n) is 5.38. The fourth-order valence-corrected chi connectivity index (χ4v) is 3.91. The molecule has 1 aromatic heterocycles. The molecule has 0 amide bonds. The zero-order valence-electron chi connectivity index (χ0n) is 16.7. The lowest BCUT2D eigenvalue weighted by atomic mass is 9.91. The molecule has 3 aromatic rings. The van der Waals surface area contributed by atoms with Crippen molar-refractivity contribution in [1.29, 1.82) is 0 Å². The summed E-state index contributed by atoms with van der Waals surface area (Å²) < 4.78 is 30.1. The van der Waals surface area contributed by atoms with E-state index >= 15 is 0 Å². The number of halogens is 1. The molecular weight excluding hydrogens is 371 g/mol. The maximum Gasteiger partial charge on any atom is 0.170 e. The van der Waals surface area contributed by atoms with E-state index in [9.17, 15) is 4.39 Å². The van der Waals surface area contributed by atoms with Gasteiger partial charge in [-0.05, 0) is 57.5 Å². The Morgan fingerprint density at radius 2 is 2.10 bits per heavy atom. The number of fused-ring (bicyclic) bond motifs is 1. The molecule has 0 bridgehead atoms. The number of para-hydroxylation sites is 1. The summed E-state index contributed by atoms with van der Waals surface area (Å²) in [6.45, 7) is 6.23. The van der Waals surface area contributed by atoms with Gasteiger partial charge < -0.3 is 18.9 Å². The first-order chi connectivity index (χ1) is 14.2. The molecule has 0 saturated carbocycles. The molecule has 4 rings (SSSR count). The summed E-state index contributed by atoms with van der Waals surface area (Å²) >= 11 is 0. The highest BCUT2D eigenvalue weighted by atomic mass is 19.1. The van der Waals surface area contributed by atoms with Crippen LogP contribution in [-0.2, 0) is 0 Å². The highest BCUT2D eigenvalue weighted by Crippen LogP contribution is 2.33. The Morgan fingerprint density at radius 1 is 1.24 bits per heavy atom. The van der Waals surface area contributed by atoms with Crippen molar-refractivity contribution in [3.8, 4) is 11.5 Å². The second-order valence-electron chi connectivity index (χ2n) is 7.32. The normalized spacial score (nSPS) is 15.7. The molecule has 1 fully saturated rings. The summed E-state index contributed by atoms with van der Waals surface area (Å²) in [6.07, 6.45) is 3.01. The number of piperidine rings is 1. The van der Waals surface area contributed by atoms with Crippen molar-refractivity contribution >= 4 is 11.0 Å². The van der Waals surface area contributed by atoms with Crippen LogP contribution in [0.2, 0.25) is 0 Å². The van der Waals surface area contributed by atoms with E-state index in [2.05, 4.69) is 16.1 Å². The number of nitrogens with zero attached hydrogens (tertiary/aromatic N) is 2. The Hall–Kier alpha value is -2.60. The van der Waals surface area contributed by atoms with Crippen LogP contribution < -0.4 is 9.47 Å². The molecule has 29 heavy (non-hydrogen) atoms. The Morgan fingerprint density at radius 3 is 2.93 bits per heavy atom. The average Bonchev–Trinajstić information content (AvgIpc) is 3.16. The summed E-state index contributed by atoms with van der Waals surface area (Å²) in [5, 5.41) is 5.15. The predicted octanol–water partition coefficient (Wildman–Crippen LogP) is 4.81. The van der Waals surface area contributed by atoms with E-state index in [1.807, 2.05) is 25.1 Å². The molecule has 2 heterocycles. The zero-order chi connectivity index (χ0) is 20.1. The maximum absolute atomic E-state index is 13.3. The molecule has 0 unspecified atom stereocenters. The van der Waals surface area contributed by atoms with Gasteiger partial charge >= 0.3 is 0 Å². The Balaban J connectivity index is 1.23. The van der Waals surface area contributed by atoms with Crippen LogP contribution >= 0.6 is 0 Å². The fraction of sp³-hybridized carbons (Fsp3) is 0.435. The van der Waals surface area contributed by atoms with Crippen LogP contribution in [0.4, 0.5) is 4.39 Å². The number of likely N-dealkylation sites (tertiary alicyclic amines) is 1. The van der Waals surface area contributed by atoms with E-state index in [-0.39, 0.29) is 5.82 Å². The minimum atomic E-state index is -0.293. The van der Waals surface area contributed by atoms with Gasteiger partial charge in [-0.15, -0.1) is 0 Å². The largest absolute Gasteiger partial charge is 0.490 e.